The van der Waals surface area contributed by atoms with Crippen molar-refractivity contribution >= 4 is 16.7 Å². The van der Waals surface area contributed by atoms with Crippen LogP contribution >= 0.6 is 0 Å². The Balaban J connectivity index is 2.23. The van der Waals surface area contributed by atoms with Crippen LogP contribution in [-0.4, -0.2) is 5.11 Å². The molecule has 23 heavy (non-hydrogen) atoms. The number of fused-ring (bicyclic) bond motifs is 2. The average molecular weight is 303 g/mol. The van der Waals surface area contributed by atoms with E-state index in [0.29, 0.717) is 17.0 Å². The third-order valence-electron chi connectivity index (χ3n) is 3.91. The lowest BCUT2D eigenvalue weighted by Crippen LogP contribution is -2.00. The first kappa shape index (κ1) is 13.4. The van der Waals surface area contributed by atoms with Gasteiger partial charge in [0.25, 0.3) is 0 Å². The van der Waals surface area contributed by atoms with E-state index in [1.54, 1.807) is 18.2 Å². The van der Waals surface area contributed by atoms with E-state index < -0.39 is 0 Å². The summed E-state index contributed by atoms with van der Waals surface area (Å²) in [5, 5.41) is 10.6. The predicted octanol–water partition coefficient (Wildman–Crippen LogP) is 3.85. The largest absolute Gasteiger partial charge is 0.508 e. The number of aromatic hydroxyl groups is 1. The van der Waals surface area contributed by atoms with Gasteiger partial charge in [0.15, 0.2) is 5.43 Å². The van der Waals surface area contributed by atoms with Crippen LogP contribution in [0.25, 0.3) is 33.4 Å². The van der Waals surface area contributed by atoms with E-state index in [9.17, 15) is 9.90 Å². The second-order valence-corrected chi connectivity index (χ2v) is 5.40. The zero-order valence-corrected chi connectivity index (χ0v) is 12.1. The molecule has 0 spiro atoms. The standard InChI is InChI=1S/C19H13NO3/c20-16-4-2-1-3-13(16)19-14-7-5-11(21)9-17(14)23-18-10-12(22)6-8-15(18)19/h1-10,21H,20H2. The Morgan fingerprint density at radius 1 is 0.913 bits per heavy atom. The summed E-state index contributed by atoms with van der Waals surface area (Å²) in [6.45, 7) is 0. The minimum atomic E-state index is -0.132. The van der Waals surface area contributed by atoms with E-state index >= 15 is 0 Å². The Hall–Kier alpha value is -3.27. The van der Waals surface area contributed by atoms with Gasteiger partial charge in [0.05, 0.1) is 0 Å². The minimum absolute atomic E-state index is 0.103. The molecule has 0 atom stereocenters. The maximum Gasteiger partial charge on any atom is 0.182 e. The first-order valence-electron chi connectivity index (χ1n) is 7.18. The summed E-state index contributed by atoms with van der Waals surface area (Å²) >= 11 is 0. The highest BCUT2D eigenvalue weighted by atomic mass is 16.3. The second-order valence-electron chi connectivity index (χ2n) is 5.40. The van der Waals surface area contributed by atoms with E-state index in [-0.39, 0.29) is 11.2 Å². The number of hydrogen-bond donors (Lipinski definition) is 2. The average Bonchev–Trinajstić information content (AvgIpc) is 2.53. The predicted molar refractivity (Wildman–Crippen MR) is 90.6 cm³/mol. The van der Waals surface area contributed by atoms with E-state index in [1.807, 2.05) is 24.3 Å². The molecule has 3 N–H and O–H groups in total. The summed E-state index contributed by atoms with van der Waals surface area (Å²) in [5.74, 6) is 0.569. The summed E-state index contributed by atoms with van der Waals surface area (Å²) in [6.07, 6.45) is 0. The van der Waals surface area contributed by atoms with Crippen molar-refractivity contribution in [1.29, 1.82) is 0 Å². The van der Waals surface area contributed by atoms with Gasteiger partial charge < -0.3 is 15.3 Å². The van der Waals surface area contributed by atoms with Crippen molar-refractivity contribution in [2.45, 2.75) is 0 Å². The molecule has 1 heterocycles. The van der Waals surface area contributed by atoms with Gasteiger partial charge >= 0.3 is 0 Å². The molecule has 1 aliphatic heterocycles. The third-order valence-corrected chi connectivity index (χ3v) is 3.91. The van der Waals surface area contributed by atoms with E-state index in [0.717, 1.165) is 22.1 Å². The Morgan fingerprint density at radius 3 is 2.57 bits per heavy atom. The maximum atomic E-state index is 11.7. The van der Waals surface area contributed by atoms with E-state index in [4.69, 9.17) is 10.2 Å². The van der Waals surface area contributed by atoms with Crippen LogP contribution in [0.1, 0.15) is 0 Å². The molecule has 0 saturated heterocycles. The van der Waals surface area contributed by atoms with Crippen molar-refractivity contribution in [1.82, 2.24) is 0 Å². The molecule has 0 radical (unpaired) electrons. The fourth-order valence-corrected chi connectivity index (χ4v) is 2.87. The van der Waals surface area contributed by atoms with Gasteiger partial charge in [-0.1, -0.05) is 18.2 Å². The molecule has 0 fully saturated rings. The monoisotopic (exact) mass is 303 g/mol. The smallest absolute Gasteiger partial charge is 0.182 e. The van der Waals surface area contributed by atoms with E-state index in [2.05, 4.69) is 0 Å². The number of rotatable bonds is 1. The number of anilines is 1. The highest BCUT2D eigenvalue weighted by molar-refractivity contribution is 6.04. The molecule has 4 nitrogen and oxygen atoms in total. The molecule has 0 bridgehead atoms. The van der Waals surface area contributed by atoms with Crippen LogP contribution in [0, 0.1) is 0 Å². The Bertz CT molecular complexity index is 1070. The van der Waals surface area contributed by atoms with Crippen molar-refractivity contribution in [2.75, 3.05) is 5.73 Å². The van der Waals surface area contributed by atoms with Crippen molar-refractivity contribution in [2.24, 2.45) is 0 Å². The molecule has 2 aromatic rings. The molecule has 4 rings (SSSR count). The molecule has 112 valence electrons. The molecule has 2 aliphatic rings. The lowest BCUT2D eigenvalue weighted by molar-refractivity contribution is 0.474. The van der Waals surface area contributed by atoms with Crippen LogP contribution in [0.15, 0.2) is 69.9 Å². The number of nitrogen functional groups attached to an aromatic ring is 1. The van der Waals surface area contributed by atoms with Crippen LogP contribution in [0.2, 0.25) is 0 Å². The van der Waals surface area contributed by atoms with Crippen LogP contribution < -0.4 is 11.2 Å². The number of para-hydroxylation sites is 1. The van der Waals surface area contributed by atoms with Gasteiger partial charge in [-0.3, -0.25) is 4.79 Å². The first-order valence-corrected chi connectivity index (χ1v) is 7.18. The lowest BCUT2D eigenvalue weighted by atomic mass is 9.93. The van der Waals surface area contributed by atoms with Crippen molar-refractivity contribution in [3.05, 3.63) is 70.9 Å². The number of phenols is 1. The summed E-state index contributed by atoms with van der Waals surface area (Å²) < 4.78 is 5.81. The van der Waals surface area contributed by atoms with Crippen LogP contribution in [0.5, 0.6) is 5.75 Å². The fourth-order valence-electron chi connectivity index (χ4n) is 2.87. The maximum absolute atomic E-state index is 11.7. The van der Waals surface area contributed by atoms with Crippen molar-refractivity contribution in [3.8, 4) is 28.2 Å². The second kappa shape index (κ2) is 4.88. The molecular weight excluding hydrogens is 290 g/mol. The van der Waals surface area contributed by atoms with Gasteiger partial charge in [0.2, 0.25) is 0 Å². The molecule has 0 unspecified atom stereocenters. The normalized spacial score (nSPS) is 11.1. The van der Waals surface area contributed by atoms with Gasteiger partial charge in [-0.15, -0.1) is 0 Å². The number of phenolic OH excluding ortho intramolecular Hbond substituents is 1. The molecule has 0 aromatic heterocycles. The van der Waals surface area contributed by atoms with Crippen LogP contribution in [-0.2, 0) is 0 Å². The summed E-state index contributed by atoms with van der Waals surface area (Å²) in [6, 6.07) is 17.2. The SMILES string of the molecule is Nc1ccccc1-c1c2ccc(=O)cc-2oc2cc(O)ccc12. The molecule has 1 aliphatic carbocycles. The Labute approximate surface area is 131 Å². The van der Waals surface area contributed by atoms with E-state index in [1.165, 1.54) is 18.2 Å². The van der Waals surface area contributed by atoms with Gasteiger partial charge in [-0.25, -0.2) is 0 Å². The van der Waals surface area contributed by atoms with Crippen LogP contribution in [0.4, 0.5) is 5.69 Å². The van der Waals surface area contributed by atoms with Gasteiger partial charge in [0, 0.05) is 39.9 Å². The summed E-state index contributed by atoms with van der Waals surface area (Å²) in [7, 11) is 0. The summed E-state index contributed by atoms with van der Waals surface area (Å²) in [5.41, 5.74) is 9.72. The highest BCUT2D eigenvalue weighted by Gasteiger charge is 2.18. The van der Waals surface area contributed by atoms with Gasteiger partial charge in [0.1, 0.15) is 17.1 Å². The Kier molecular flexibility index (Phi) is 2.84. The number of nitrogens with two attached hydrogens (primary N) is 1. The number of hydrogen-bond acceptors (Lipinski definition) is 4. The molecule has 0 amide bonds. The molecule has 4 heteroatoms. The van der Waals surface area contributed by atoms with Gasteiger partial charge in [-0.2, -0.15) is 0 Å². The summed E-state index contributed by atoms with van der Waals surface area (Å²) in [4.78, 5) is 11.7. The fraction of sp³-hybridized carbons (Fsp3) is 0. The Morgan fingerprint density at radius 2 is 1.74 bits per heavy atom. The van der Waals surface area contributed by atoms with Crippen molar-refractivity contribution < 1.29 is 9.52 Å². The highest BCUT2D eigenvalue weighted by Crippen LogP contribution is 2.42. The topological polar surface area (TPSA) is 76.5 Å². The quantitative estimate of drug-likeness (QED) is 0.413. The van der Waals surface area contributed by atoms with Crippen molar-refractivity contribution in [3.63, 3.8) is 0 Å². The first-order chi connectivity index (χ1) is 11.1. The minimum Gasteiger partial charge on any atom is -0.508 e. The third kappa shape index (κ3) is 2.12. The molecule has 0 saturated carbocycles. The number of benzene rings is 3. The zero-order chi connectivity index (χ0) is 16.0. The zero-order valence-electron chi connectivity index (χ0n) is 12.1. The molecular formula is C19H13NO3. The van der Waals surface area contributed by atoms with Crippen LogP contribution in [0.3, 0.4) is 0 Å². The molecule has 2 aromatic carbocycles. The van der Waals surface area contributed by atoms with Gasteiger partial charge in [-0.05, 0) is 30.3 Å². The lowest BCUT2D eigenvalue weighted by Gasteiger charge is -2.16.